The van der Waals surface area contributed by atoms with Crippen molar-refractivity contribution in [2.24, 2.45) is 5.73 Å². The highest BCUT2D eigenvalue weighted by Gasteiger charge is 2.24. The maximum absolute atomic E-state index is 12.2. The van der Waals surface area contributed by atoms with Gasteiger partial charge in [-0.3, -0.25) is 14.4 Å². The van der Waals surface area contributed by atoms with Gasteiger partial charge in [0.2, 0.25) is 5.91 Å². The molecule has 0 aromatic carbocycles. The molecule has 23 heavy (non-hydrogen) atoms. The summed E-state index contributed by atoms with van der Waals surface area (Å²) >= 11 is 1.41. The quantitative estimate of drug-likeness (QED) is 0.889. The van der Waals surface area contributed by atoms with Gasteiger partial charge in [0.1, 0.15) is 11.5 Å². The van der Waals surface area contributed by atoms with Crippen molar-refractivity contribution in [3.63, 3.8) is 0 Å². The van der Waals surface area contributed by atoms with Crippen molar-refractivity contribution < 1.29 is 9.59 Å². The molecule has 2 amide bonds. The topological polar surface area (TPSA) is 94.2 Å². The Morgan fingerprint density at radius 2 is 2.04 bits per heavy atom. The Labute approximate surface area is 136 Å². The first-order valence-electron chi connectivity index (χ1n) is 7.46. The predicted octanol–water partition coefficient (Wildman–Crippen LogP) is 1.53. The van der Waals surface area contributed by atoms with E-state index in [4.69, 9.17) is 5.73 Å². The maximum atomic E-state index is 12.2. The molecule has 2 heterocycles. The number of primary amides is 1. The lowest BCUT2D eigenvalue weighted by molar-refractivity contribution is -0.116. The Morgan fingerprint density at radius 3 is 2.78 bits per heavy atom. The molecule has 6 nitrogen and oxygen atoms in total. The molecule has 3 N–H and O–H groups in total. The number of hydrogen-bond donors (Lipinski definition) is 2. The van der Waals surface area contributed by atoms with Gasteiger partial charge in [-0.05, 0) is 37.3 Å². The van der Waals surface area contributed by atoms with E-state index in [1.807, 2.05) is 0 Å². The predicted molar refractivity (Wildman–Crippen MR) is 88.8 cm³/mol. The van der Waals surface area contributed by atoms with Crippen LogP contribution >= 0.6 is 11.3 Å². The maximum Gasteiger partial charge on any atom is 0.251 e. The van der Waals surface area contributed by atoms with E-state index in [1.54, 1.807) is 18.3 Å². The third kappa shape index (κ3) is 3.19. The SMILES string of the molecule is NC(=O)c1c(NC(=O)Cn2ccccc2=O)sc2c1CCCC2. The highest BCUT2D eigenvalue weighted by Crippen LogP contribution is 2.37. The molecule has 120 valence electrons. The first-order chi connectivity index (χ1) is 11.1. The van der Waals surface area contributed by atoms with Crippen LogP contribution in [0.4, 0.5) is 5.00 Å². The molecule has 1 aliphatic rings. The van der Waals surface area contributed by atoms with Crippen LogP contribution in [0.15, 0.2) is 29.2 Å². The van der Waals surface area contributed by atoms with Gasteiger partial charge >= 0.3 is 0 Å². The number of aryl methyl sites for hydroxylation is 1. The van der Waals surface area contributed by atoms with Gasteiger partial charge < -0.3 is 15.6 Å². The molecule has 0 atom stereocenters. The molecule has 0 unspecified atom stereocenters. The number of nitrogens with two attached hydrogens (primary N) is 1. The number of carbonyl (C=O) groups excluding carboxylic acids is 2. The summed E-state index contributed by atoms with van der Waals surface area (Å²) in [6.07, 6.45) is 5.39. The van der Waals surface area contributed by atoms with Crippen LogP contribution in [-0.2, 0) is 24.2 Å². The third-order valence-electron chi connectivity index (χ3n) is 3.88. The van der Waals surface area contributed by atoms with Crippen molar-refractivity contribution >= 4 is 28.2 Å². The minimum atomic E-state index is -0.517. The van der Waals surface area contributed by atoms with Crippen molar-refractivity contribution in [1.82, 2.24) is 4.57 Å². The number of carbonyl (C=O) groups is 2. The zero-order chi connectivity index (χ0) is 16.4. The average Bonchev–Trinajstić information content (AvgIpc) is 2.87. The van der Waals surface area contributed by atoms with Crippen LogP contribution in [0, 0.1) is 0 Å². The van der Waals surface area contributed by atoms with Crippen LogP contribution in [0.2, 0.25) is 0 Å². The van der Waals surface area contributed by atoms with Gasteiger partial charge in [-0.2, -0.15) is 0 Å². The smallest absolute Gasteiger partial charge is 0.251 e. The molecule has 1 aliphatic carbocycles. The molecule has 2 aromatic rings. The highest BCUT2D eigenvalue weighted by atomic mass is 32.1. The number of rotatable bonds is 4. The number of nitrogens with zero attached hydrogens (tertiary/aromatic N) is 1. The minimum absolute atomic E-state index is 0.0968. The Hall–Kier alpha value is -2.41. The van der Waals surface area contributed by atoms with E-state index in [2.05, 4.69) is 5.32 Å². The molecule has 3 rings (SSSR count). The number of pyridine rings is 1. The van der Waals surface area contributed by atoms with Crippen LogP contribution in [0.25, 0.3) is 0 Å². The molecule has 0 bridgehead atoms. The van der Waals surface area contributed by atoms with Gasteiger partial charge in [0.05, 0.1) is 5.56 Å². The lowest BCUT2D eigenvalue weighted by atomic mass is 9.95. The Bertz CT molecular complexity index is 822. The third-order valence-corrected chi connectivity index (χ3v) is 5.09. The molecule has 0 radical (unpaired) electrons. The van der Waals surface area contributed by atoms with Crippen molar-refractivity contribution in [2.75, 3.05) is 5.32 Å². The number of aromatic nitrogens is 1. The van der Waals surface area contributed by atoms with Crippen LogP contribution in [0.5, 0.6) is 0 Å². The number of hydrogen-bond acceptors (Lipinski definition) is 4. The summed E-state index contributed by atoms with van der Waals surface area (Å²) in [7, 11) is 0. The van der Waals surface area contributed by atoms with E-state index in [0.717, 1.165) is 36.1 Å². The second-order valence-corrected chi connectivity index (χ2v) is 6.60. The molecular weight excluding hydrogens is 314 g/mol. The number of anilines is 1. The second-order valence-electron chi connectivity index (χ2n) is 5.49. The lowest BCUT2D eigenvalue weighted by Crippen LogP contribution is -2.27. The van der Waals surface area contributed by atoms with E-state index >= 15 is 0 Å². The summed E-state index contributed by atoms with van der Waals surface area (Å²) in [6.45, 7) is -0.0968. The summed E-state index contributed by atoms with van der Waals surface area (Å²) in [5, 5.41) is 3.24. The zero-order valence-corrected chi connectivity index (χ0v) is 13.3. The van der Waals surface area contributed by atoms with Gasteiger partial charge in [0, 0.05) is 17.1 Å². The van der Waals surface area contributed by atoms with E-state index < -0.39 is 5.91 Å². The van der Waals surface area contributed by atoms with Gasteiger partial charge in [0.25, 0.3) is 11.5 Å². The molecule has 2 aromatic heterocycles. The second kappa shape index (κ2) is 6.37. The zero-order valence-electron chi connectivity index (χ0n) is 12.5. The Kier molecular flexibility index (Phi) is 4.29. The molecular formula is C16H17N3O3S. The number of fused-ring (bicyclic) bond motifs is 1. The van der Waals surface area contributed by atoms with E-state index in [1.165, 1.54) is 22.0 Å². The van der Waals surface area contributed by atoms with Gasteiger partial charge in [-0.25, -0.2) is 0 Å². The van der Waals surface area contributed by atoms with Gasteiger partial charge in [0.15, 0.2) is 0 Å². The van der Waals surface area contributed by atoms with Crippen molar-refractivity contribution in [1.29, 1.82) is 0 Å². The van der Waals surface area contributed by atoms with Crippen molar-refractivity contribution in [3.05, 3.63) is 50.8 Å². The van der Waals surface area contributed by atoms with Crippen LogP contribution in [0.3, 0.4) is 0 Å². The van der Waals surface area contributed by atoms with E-state index in [0.29, 0.717) is 10.6 Å². The molecule has 0 saturated heterocycles. The Morgan fingerprint density at radius 1 is 1.26 bits per heavy atom. The van der Waals surface area contributed by atoms with Gasteiger partial charge in [-0.1, -0.05) is 6.07 Å². The summed E-state index contributed by atoms with van der Waals surface area (Å²) < 4.78 is 1.31. The van der Waals surface area contributed by atoms with E-state index in [9.17, 15) is 14.4 Å². The fourth-order valence-corrected chi connectivity index (χ4v) is 4.14. The normalized spacial score (nSPS) is 13.4. The monoisotopic (exact) mass is 331 g/mol. The van der Waals surface area contributed by atoms with Crippen LogP contribution in [0.1, 0.15) is 33.6 Å². The fourth-order valence-electron chi connectivity index (χ4n) is 2.83. The molecule has 0 saturated carbocycles. The van der Waals surface area contributed by atoms with Crippen LogP contribution in [-0.4, -0.2) is 16.4 Å². The Balaban J connectivity index is 1.84. The largest absolute Gasteiger partial charge is 0.365 e. The summed E-state index contributed by atoms with van der Waals surface area (Å²) in [5.41, 5.74) is 6.65. The number of thiophene rings is 1. The first-order valence-corrected chi connectivity index (χ1v) is 8.27. The van der Waals surface area contributed by atoms with Gasteiger partial charge in [-0.15, -0.1) is 11.3 Å². The van der Waals surface area contributed by atoms with Crippen LogP contribution < -0.4 is 16.6 Å². The van der Waals surface area contributed by atoms with E-state index in [-0.39, 0.29) is 18.0 Å². The lowest BCUT2D eigenvalue weighted by Gasteiger charge is -2.11. The summed E-state index contributed by atoms with van der Waals surface area (Å²) in [6, 6.07) is 4.70. The van der Waals surface area contributed by atoms with Crippen molar-refractivity contribution in [2.45, 2.75) is 32.2 Å². The molecule has 0 spiro atoms. The molecule has 0 aliphatic heterocycles. The average molecular weight is 331 g/mol. The molecule has 7 heteroatoms. The number of amides is 2. The fraction of sp³-hybridized carbons (Fsp3) is 0.312. The first kappa shape index (κ1) is 15.5. The molecule has 0 fully saturated rings. The van der Waals surface area contributed by atoms with Crippen molar-refractivity contribution in [3.8, 4) is 0 Å². The summed E-state index contributed by atoms with van der Waals surface area (Å²) in [5.74, 6) is -0.865. The number of nitrogens with one attached hydrogen (secondary N) is 1. The highest BCUT2D eigenvalue weighted by molar-refractivity contribution is 7.17. The minimum Gasteiger partial charge on any atom is -0.365 e. The summed E-state index contributed by atoms with van der Waals surface area (Å²) in [4.78, 5) is 36.8. The standard InChI is InChI=1S/C16H17N3O3S/c17-15(22)14-10-5-1-2-6-11(10)23-16(14)18-12(20)9-19-8-4-3-7-13(19)21/h3-4,7-8H,1-2,5-6,9H2,(H2,17,22)(H,18,20).